The van der Waals surface area contributed by atoms with Crippen molar-refractivity contribution >= 4 is 0 Å². The van der Waals surface area contributed by atoms with E-state index in [1.165, 1.54) is 0 Å². The smallest absolute Gasteiger partial charge is 0.382 e. The maximum absolute atomic E-state index is 12.0. The van der Waals surface area contributed by atoms with Crippen LogP contribution >= 0.6 is 0 Å². The molecule has 1 rings (SSSR count). The Hall–Kier alpha value is -0.330. The topological polar surface area (TPSA) is 41.5 Å². The van der Waals surface area contributed by atoms with Crippen molar-refractivity contribution in [2.45, 2.75) is 50.6 Å². The highest BCUT2D eigenvalue weighted by Crippen LogP contribution is 2.24. The van der Waals surface area contributed by atoms with E-state index < -0.39 is 18.8 Å². The Labute approximate surface area is 93.0 Å². The third kappa shape index (κ3) is 4.27. The summed E-state index contributed by atoms with van der Waals surface area (Å²) in [5.41, 5.74) is -0.306. The number of aliphatic hydroxyl groups excluding tert-OH is 1. The maximum atomic E-state index is 12.0. The predicted molar refractivity (Wildman–Crippen MR) is 53.1 cm³/mol. The van der Waals surface area contributed by atoms with Gasteiger partial charge in [-0.05, 0) is 26.7 Å². The van der Waals surface area contributed by atoms with Crippen LogP contribution in [0, 0.1) is 0 Å². The second-order valence-corrected chi connectivity index (χ2v) is 4.76. The van der Waals surface area contributed by atoms with E-state index in [1.807, 2.05) is 13.8 Å². The number of hydrogen-bond acceptors (Lipinski definition) is 3. The van der Waals surface area contributed by atoms with Gasteiger partial charge in [-0.1, -0.05) is 0 Å². The predicted octanol–water partition coefficient (Wildman–Crippen LogP) is 1.46. The SMILES string of the molecule is CC1(C)CC(NCC(O)C(F)(F)F)CCO1. The fourth-order valence-corrected chi connectivity index (χ4v) is 1.80. The van der Waals surface area contributed by atoms with Crippen LogP contribution in [0.15, 0.2) is 0 Å². The van der Waals surface area contributed by atoms with Crippen LogP contribution in [0.1, 0.15) is 26.7 Å². The summed E-state index contributed by atoms with van der Waals surface area (Å²) < 4.78 is 41.6. The molecule has 1 aliphatic heterocycles. The average Bonchev–Trinajstić information content (AvgIpc) is 2.11. The van der Waals surface area contributed by atoms with Crippen LogP contribution in [0.3, 0.4) is 0 Å². The highest BCUT2D eigenvalue weighted by molar-refractivity contribution is 4.84. The lowest BCUT2D eigenvalue weighted by Gasteiger charge is -2.36. The third-order valence-electron chi connectivity index (χ3n) is 2.67. The molecule has 0 amide bonds. The molecule has 96 valence electrons. The normalized spacial score (nSPS) is 27.8. The van der Waals surface area contributed by atoms with Crippen molar-refractivity contribution in [3.63, 3.8) is 0 Å². The lowest BCUT2D eigenvalue weighted by molar-refractivity contribution is -0.202. The van der Waals surface area contributed by atoms with Crippen molar-refractivity contribution in [1.29, 1.82) is 0 Å². The minimum atomic E-state index is -4.55. The van der Waals surface area contributed by atoms with Crippen LogP contribution < -0.4 is 5.32 Å². The van der Waals surface area contributed by atoms with Gasteiger partial charge in [0.05, 0.1) is 5.60 Å². The van der Waals surface area contributed by atoms with E-state index in [4.69, 9.17) is 9.84 Å². The molecule has 0 spiro atoms. The molecule has 0 aromatic rings. The molecule has 16 heavy (non-hydrogen) atoms. The second kappa shape index (κ2) is 4.89. The summed E-state index contributed by atoms with van der Waals surface area (Å²) in [6.07, 6.45) is -5.52. The summed E-state index contributed by atoms with van der Waals surface area (Å²) in [7, 11) is 0. The fraction of sp³-hybridized carbons (Fsp3) is 1.00. The molecule has 0 aromatic heterocycles. The molecule has 2 unspecified atom stereocenters. The van der Waals surface area contributed by atoms with Crippen LogP contribution in [-0.4, -0.2) is 42.2 Å². The summed E-state index contributed by atoms with van der Waals surface area (Å²) in [4.78, 5) is 0. The molecule has 3 nitrogen and oxygen atoms in total. The number of aliphatic hydroxyl groups is 1. The van der Waals surface area contributed by atoms with E-state index in [9.17, 15) is 13.2 Å². The van der Waals surface area contributed by atoms with E-state index in [2.05, 4.69) is 5.32 Å². The molecule has 1 fully saturated rings. The first-order valence-electron chi connectivity index (χ1n) is 5.33. The molecule has 1 aliphatic rings. The van der Waals surface area contributed by atoms with Crippen molar-refractivity contribution in [3.05, 3.63) is 0 Å². The molecule has 1 saturated heterocycles. The molecule has 1 heterocycles. The van der Waals surface area contributed by atoms with Gasteiger partial charge >= 0.3 is 6.18 Å². The van der Waals surface area contributed by atoms with Crippen molar-refractivity contribution < 1.29 is 23.0 Å². The standard InChI is InChI=1S/C10H18F3NO2/c1-9(2)5-7(3-4-16-9)14-6-8(15)10(11,12)13/h7-8,14-15H,3-6H2,1-2H3. The monoisotopic (exact) mass is 241 g/mol. The minimum Gasteiger partial charge on any atom is -0.382 e. The van der Waals surface area contributed by atoms with Gasteiger partial charge in [-0.3, -0.25) is 0 Å². The Bertz CT molecular complexity index is 231. The molecule has 2 N–H and O–H groups in total. The van der Waals surface area contributed by atoms with Crippen molar-refractivity contribution in [2.75, 3.05) is 13.2 Å². The quantitative estimate of drug-likeness (QED) is 0.786. The van der Waals surface area contributed by atoms with Crippen molar-refractivity contribution in [2.24, 2.45) is 0 Å². The number of hydrogen-bond donors (Lipinski definition) is 2. The van der Waals surface area contributed by atoms with Crippen molar-refractivity contribution in [3.8, 4) is 0 Å². The minimum absolute atomic E-state index is 0.0271. The molecular weight excluding hydrogens is 223 g/mol. The first-order chi connectivity index (χ1) is 7.21. The zero-order valence-electron chi connectivity index (χ0n) is 9.47. The molecule has 0 bridgehead atoms. The molecule has 0 radical (unpaired) electrons. The number of ether oxygens (including phenoxy) is 1. The van der Waals surface area contributed by atoms with Crippen LogP contribution in [0.25, 0.3) is 0 Å². The summed E-state index contributed by atoms with van der Waals surface area (Å²) in [6.45, 7) is 3.89. The Morgan fingerprint density at radius 2 is 2.12 bits per heavy atom. The second-order valence-electron chi connectivity index (χ2n) is 4.76. The van der Waals surface area contributed by atoms with Crippen LogP contribution in [0.2, 0.25) is 0 Å². The molecule has 6 heteroatoms. The van der Waals surface area contributed by atoms with Gasteiger partial charge in [-0.2, -0.15) is 13.2 Å². The molecular formula is C10H18F3NO2. The highest BCUT2D eigenvalue weighted by atomic mass is 19.4. The summed E-state index contributed by atoms with van der Waals surface area (Å²) in [5.74, 6) is 0. The molecule has 2 atom stereocenters. The van der Waals surface area contributed by atoms with Gasteiger partial charge in [0.15, 0.2) is 6.10 Å². The largest absolute Gasteiger partial charge is 0.415 e. The Morgan fingerprint density at radius 1 is 1.50 bits per heavy atom. The van der Waals surface area contributed by atoms with Gasteiger partial charge in [0.1, 0.15) is 0 Å². The Morgan fingerprint density at radius 3 is 2.62 bits per heavy atom. The van der Waals surface area contributed by atoms with Gasteiger partial charge in [0, 0.05) is 19.2 Å². The lowest BCUT2D eigenvalue weighted by Crippen LogP contribution is -2.48. The fourth-order valence-electron chi connectivity index (χ4n) is 1.80. The molecule has 0 saturated carbocycles. The van der Waals surface area contributed by atoms with Crippen LogP contribution in [-0.2, 0) is 4.74 Å². The van der Waals surface area contributed by atoms with E-state index in [-0.39, 0.29) is 11.6 Å². The third-order valence-corrected chi connectivity index (χ3v) is 2.67. The molecule has 0 aromatic carbocycles. The van der Waals surface area contributed by atoms with Gasteiger partial charge in [0.2, 0.25) is 0 Å². The number of alkyl halides is 3. The zero-order chi connectivity index (χ0) is 12.4. The number of nitrogens with one attached hydrogen (secondary N) is 1. The van der Waals surface area contributed by atoms with Crippen LogP contribution in [0.4, 0.5) is 13.2 Å². The van der Waals surface area contributed by atoms with E-state index in [0.717, 1.165) is 0 Å². The summed E-state index contributed by atoms with van der Waals surface area (Å²) in [6, 6.07) is -0.0271. The van der Waals surface area contributed by atoms with Gasteiger partial charge in [-0.25, -0.2) is 0 Å². The zero-order valence-corrected chi connectivity index (χ0v) is 9.47. The van der Waals surface area contributed by atoms with Gasteiger partial charge in [-0.15, -0.1) is 0 Å². The highest BCUT2D eigenvalue weighted by Gasteiger charge is 2.38. The van der Waals surface area contributed by atoms with E-state index in [1.54, 1.807) is 0 Å². The van der Waals surface area contributed by atoms with Crippen LogP contribution in [0.5, 0.6) is 0 Å². The van der Waals surface area contributed by atoms with Gasteiger partial charge in [0.25, 0.3) is 0 Å². The first kappa shape index (κ1) is 13.7. The Kier molecular flexibility index (Phi) is 4.20. The van der Waals surface area contributed by atoms with Crippen molar-refractivity contribution in [1.82, 2.24) is 5.32 Å². The average molecular weight is 241 g/mol. The Balaban J connectivity index is 2.33. The summed E-state index contributed by atoms with van der Waals surface area (Å²) in [5, 5.41) is 11.6. The first-order valence-corrected chi connectivity index (χ1v) is 5.33. The molecule has 0 aliphatic carbocycles. The number of rotatable bonds is 3. The summed E-state index contributed by atoms with van der Waals surface area (Å²) >= 11 is 0. The lowest BCUT2D eigenvalue weighted by atomic mass is 9.94. The van der Waals surface area contributed by atoms with E-state index in [0.29, 0.717) is 19.4 Å². The number of halogens is 3. The van der Waals surface area contributed by atoms with E-state index >= 15 is 0 Å². The van der Waals surface area contributed by atoms with Gasteiger partial charge < -0.3 is 15.2 Å². The maximum Gasteiger partial charge on any atom is 0.415 e.